The summed E-state index contributed by atoms with van der Waals surface area (Å²) in [6, 6.07) is 6.22. The quantitative estimate of drug-likeness (QED) is 0.814. The van der Waals surface area contributed by atoms with E-state index in [1.807, 2.05) is 0 Å². The van der Waals surface area contributed by atoms with Crippen molar-refractivity contribution in [2.24, 2.45) is 0 Å². The van der Waals surface area contributed by atoms with Crippen LogP contribution in [0.25, 0.3) is 0 Å². The summed E-state index contributed by atoms with van der Waals surface area (Å²) in [5.74, 6) is -1.18. The van der Waals surface area contributed by atoms with Gasteiger partial charge in [0, 0.05) is 0 Å². The minimum absolute atomic E-state index is 0.00944. The van der Waals surface area contributed by atoms with E-state index < -0.39 is 17.4 Å². The second-order valence-corrected chi connectivity index (χ2v) is 4.55. The summed E-state index contributed by atoms with van der Waals surface area (Å²) < 4.78 is 12.9. The van der Waals surface area contributed by atoms with Gasteiger partial charge in [-0.3, -0.25) is 4.79 Å². The van der Waals surface area contributed by atoms with E-state index in [4.69, 9.17) is 0 Å². The number of hydrogen-bond donors (Lipinski definition) is 1. The molecule has 5 heteroatoms. The van der Waals surface area contributed by atoms with Crippen LogP contribution >= 0.6 is 0 Å². The van der Waals surface area contributed by atoms with Crippen molar-refractivity contribution < 1.29 is 9.18 Å². The molecule has 0 atom stereocenters. The van der Waals surface area contributed by atoms with E-state index in [1.54, 1.807) is 0 Å². The predicted octanol–water partition coefficient (Wildman–Crippen LogP) is 2.18. The van der Waals surface area contributed by atoms with E-state index in [9.17, 15) is 14.4 Å². The zero-order valence-electron chi connectivity index (χ0n) is 9.95. The van der Waals surface area contributed by atoms with Crippen molar-refractivity contribution in [3.05, 3.63) is 29.8 Å². The maximum absolute atomic E-state index is 12.9. The summed E-state index contributed by atoms with van der Waals surface area (Å²) >= 11 is 0. The van der Waals surface area contributed by atoms with E-state index >= 15 is 0 Å². The number of carbonyl (C=O) groups excluding carboxylic acids is 1. The van der Waals surface area contributed by atoms with Gasteiger partial charge in [-0.2, -0.15) is 9.65 Å². The molecule has 94 valence electrons. The Hall–Kier alpha value is -1.96. The molecule has 0 saturated heterocycles. The zero-order valence-corrected chi connectivity index (χ0v) is 9.95. The van der Waals surface area contributed by atoms with Crippen LogP contribution in [-0.4, -0.2) is 16.4 Å². The van der Waals surface area contributed by atoms with Crippen LogP contribution in [0.2, 0.25) is 0 Å². The average molecular weight is 247 g/mol. The van der Waals surface area contributed by atoms with E-state index in [1.165, 1.54) is 18.2 Å². The van der Waals surface area contributed by atoms with E-state index in [-0.39, 0.29) is 5.69 Å². The van der Waals surface area contributed by atoms with Crippen molar-refractivity contribution in [2.45, 2.75) is 37.6 Å². The van der Waals surface area contributed by atoms with Crippen molar-refractivity contribution in [2.75, 3.05) is 0 Å². The lowest BCUT2D eigenvalue weighted by Crippen LogP contribution is -2.48. The fraction of sp³-hybridized carbons (Fsp3) is 0.462. The number of carbonyl (C=O) groups is 1. The molecule has 1 heterocycles. The molecule has 1 fully saturated rings. The van der Waals surface area contributed by atoms with Gasteiger partial charge in [-0.05, 0) is 25.0 Å². The van der Waals surface area contributed by atoms with Crippen molar-refractivity contribution in [1.29, 1.82) is 5.26 Å². The number of amides is 1. The van der Waals surface area contributed by atoms with E-state index in [0.29, 0.717) is 12.8 Å². The van der Waals surface area contributed by atoms with E-state index in [0.717, 1.165) is 19.3 Å². The molecule has 1 aliphatic rings. The lowest BCUT2D eigenvalue weighted by molar-refractivity contribution is 0.0896. The molecule has 1 aromatic rings. The van der Waals surface area contributed by atoms with Crippen molar-refractivity contribution >= 4 is 5.91 Å². The monoisotopic (exact) mass is 247 g/mol. The Morgan fingerprint density at radius 1 is 1.39 bits per heavy atom. The second kappa shape index (κ2) is 5.13. The summed E-state index contributed by atoms with van der Waals surface area (Å²) in [4.78, 5) is 15.5. The molecule has 1 N–H and O–H groups in total. The molecule has 18 heavy (non-hydrogen) atoms. The standard InChI is InChI=1S/C13H14FN3O/c14-11-6-4-5-10(16-11)12(18)17-13(9-15)7-2-1-3-8-13/h4-6H,1-3,7-8H2,(H,17,18). The number of nitriles is 1. The topological polar surface area (TPSA) is 65.8 Å². The Bertz CT molecular complexity index is 489. The molecular weight excluding hydrogens is 233 g/mol. The fourth-order valence-electron chi connectivity index (χ4n) is 2.24. The first-order chi connectivity index (χ1) is 8.65. The van der Waals surface area contributed by atoms with Crippen LogP contribution in [0.3, 0.4) is 0 Å². The number of nitrogens with one attached hydrogen (secondary N) is 1. The summed E-state index contributed by atoms with van der Waals surface area (Å²) in [6.07, 6.45) is 4.21. The third-order valence-corrected chi connectivity index (χ3v) is 3.22. The predicted molar refractivity (Wildman–Crippen MR) is 63.1 cm³/mol. The Labute approximate surface area is 105 Å². The van der Waals surface area contributed by atoms with Gasteiger partial charge in [0.25, 0.3) is 5.91 Å². The van der Waals surface area contributed by atoms with Gasteiger partial charge in [0.05, 0.1) is 6.07 Å². The molecule has 1 aromatic heterocycles. The number of pyridine rings is 1. The van der Waals surface area contributed by atoms with Gasteiger partial charge >= 0.3 is 0 Å². The Morgan fingerprint density at radius 2 is 2.11 bits per heavy atom. The third-order valence-electron chi connectivity index (χ3n) is 3.22. The largest absolute Gasteiger partial charge is 0.332 e. The van der Waals surface area contributed by atoms with Gasteiger partial charge in [-0.25, -0.2) is 4.98 Å². The first-order valence-corrected chi connectivity index (χ1v) is 6.02. The molecule has 1 saturated carbocycles. The highest BCUT2D eigenvalue weighted by molar-refractivity contribution is 5.93. The van der Waals surface area contributed by atoms with Gasteiger partial charge in [-0.15, -0.1) is 0 Å². The number of hydrogen-bond acceptors (Lipinski definition) is 3. The molecule has 0 spiro atoms. The van der Waals surface area contributed by atoms with Gasteiger partial charge in [0.1, 0.15) is 11.2 Å². The first-order valence-electron chi connectivity index (χ1n) is 6.02. The molecule has 0 radical (unpaired) electrons. The number of aromatic nitrogens is 1. The van der Waals surface area contributed by atoms with Gasteiger partial charge in [0.2, 0.25) is 5.95 Å². The molecule has 0 bridgehead atoms. The molecule has 0 unspecified atom stereocenters. The SMILES string of the molecule is N#CC1(NC(=O)c2cccc(F)n2)CCCCC1. The van der Waals surface area contributed by atoms with Crippen LogP contribution in [0.4, 0.5) is 4.39 Å². The van der Waals surface area contributed by atoms with Crippen molar-refractivity contribution in [1.82, 2.24) is 10.3 Å². The molecule has 1 amide bonds. The molecule has 1 aliphatic carbocycles. The summed E-state index contributed by atoms with van der Waals surface area (Å²) in [6.45, 7) is 0. The Balaban J connectivity index is 2.13. The highest BCUT2D eigenvalue weighted by atomic mass is 19.1. The molecule has 4 nitrogen and oxygen atoms in total. The van der Waals surface area contributed by atoms with Crippen LogP contribution in [0.15, 0.2) is 18.2 Å². The third kappa shape index (κ3) is 2.65. The van der Waals surface area contributed by atoms with Gasteiger partial charge in [0.15, 0.2) is 0 Å². The summed E-state index contributed by atoms with van der Waals surface area (Å²) in [7, 11) is 0. The van der Waals surface area contributed by atoms with Gasteiger partial charge < -0.3 is 5.32 Å². The minimum atomic E-state index is -0.816. The Kier molecular flexibility index (Phi) is 3.56. The molecule has 0 aromatic carbocycles. The lowest BCUT2D eigenvalue weighted by Gasteiger charge is -2.31. The van der Waals surface area contributed by atoms with E-state index in [2.05, 4.69) is 16.4 Å². The Morgan fingerprint density at radius 3 is 2.72 bits per heavy atom. The number of rotatable bonds is 2. The van der Waals surface area contributed by atoms with Crippen molar-refractivity contribution in [3.8, 4) is 6.07 Å². The molecular formula is C13H14FN3O. The summed E-state index contributed by atoms with van der Waals surface area (Å²) in [5, 5.41) is 11.9. The van der Waals surface area contributed by atoms with Crippen LogP contribution < -0.4 is 5.32 Å². The normalized spacial score (nSPS) is 17.8. The molecule has 0 aliphatic heterocycles. The first kappa shape index (κ1) is 12.5. The average Bonchev–Trinajstić information content (AvgIpc) is 2.40. The molecule has 2 rings (SSSR count). The fourth-order valence-corrected chi connectivity index (χ4v) is 2.24. The smallest absolute Gasteiger partial charge is 0.271 e. The van der Waals surface area contributed by atoms with Crippen LogP contribution in [0.5, 0.6) is 0 Å². The van der Waals surface area contributed by atoms with Crippen LogP contribution in [-0.2, 0) is 0 Å². The maximum atomic E-state index is 12.9. The summed E-state index contributed by atoms with van der Waals surface area (Å²) in [5.41, 5.74) is -0.807. The second-order valence-electron chi connectivity index (χ2n) is 4.55. The number of halogens is 1. The van der Waals surface area contributed by atoms with Crippen molar-refractivity contribution in [3.63, 3.8) is 0 Å². The lowest BCUT2D eigenvalue weighted by atomic mass is 9.83. The maximum Gasteiger partial charge on any atom is 0.271 e. The number of nitrogens with zero attached hydrogens (tertiary/aromatic N) is 2. The van der Waals surface area contributed by atoms with Crippen LogP contribution in [0, 0.1) is 17.3 Å². The zero-order chi connectivity index (χ0) is 13.0. The highest BCUT2D eigenvalue weighted by Crippen LogP contribution is 2.27. The van der Waals surface area contributed by atoms with Crippen LogP contribution in [0.1, 0.15) is 42.6 Å². The van der Waals surface area contributed by atoms with Gasteiger partial charge in [-0.1, -0.05) is 25.3 Å². The highest BCUT2D eigenvalue weighted by Gasteiger charge is 2.34. The minimum Gasteiger partial charge on any atom is -0.332 e.